The van der Waals surface area contributed by atoms with E-state index in [9.17, 15) is 0 Å². The summed E-state index contributed by atoms with van der Waals surface area (Å²) in [6.45, 7) is 25.1. The van der Waals surface area contributed by atoms with Crippen molar-refractivity contribution in [3.8, 4) is 0 Å². The van der Waals surface area contributed by atoms with Crippen LogP contribution in [0, 0.1) is 0 Å². The first-order chi connectivity index (χ1) is 23.4. The number of benzene rings is 1. The van der Waals surface area contributed by atoms with Gasteiger partial charge in [-0.3, -0.25) is 9.80 Å². The number of hydrogen-bond donors (Lipinski definition) is 0. The monoisotopic (exact) mass is 786 g/mol. The highest BCUT2D eigenvalue weighted by Gasteiger charge is 2.46. The van der Waals surface area contributed by atoms with Crippen LogP contribution in [-0.4, -0.2) is 145 Å². The SMILES string of the molecule is CCO[Si](CCCN(C)C([Si]CCc1c(C(C)[Si](OC)(OC)OC)ccc([Si](C)C)c1[Si](C)C)N(C)CCC[Si](OCC)OCC)OCC. The van der Waals surface area contributed by atoms with Crippen molar-refractivity contribution in [3.05, 3.63) is 23.3 Å². The zero-order chi connectivity index (χ0) is 37.0. The molecule has 1 aromatic carbocycles. The molecule has 15 heteroatoms. The highest BCUT2D eigenvalue weighted by molar-refractivity contribution is 6.82. The fraction of sp³-hybridized carbons (Fsp3) is 0.824. The van der Waals surface area contributed by atoms with Crippen molar-refractivity contribution >= 4 is 64.9 Å². The van der Waals surface area contributed by atoms with Crippen molar-refractivity contribution < 1.29 is 31.0 Å². The molecule has 0 heterocycles. The van der Waals surface area contributed by atoms with E-state index in [2.05, 4.69) is 96.8 Å². The van der Waals surface area contributed by atoms with Crippen LogP contribution in [0.2, 0.25) is 44.3 Å². The van der Waals surface area contributed by atoms with Crippen molar-refractivity contribution in [1.82, 2.24) is 9.80 Å². The van der Waals surface area contributed by atoms with Crippen LogP contribution < -0.4 is 10.4 Å². The molecule has 0 aliphatic heterocycles. The van der Waals surface area contributed by atoms with Gasteiger partial charge in [0, 0.05) is 53.5 Å². The Hall–Kier alpha value is 0.161. The molecule has 0 saturated carbocycles. The van der Waals surface area contributed by atoms with E-state index in [-0.39, 0.29) is 5.54 Å². The summed E-state index contributed by atoms with van der Waals surface area (Å²) >= 11 is 0. The second-order valence-electron chi connectivity index (χ2n) is 12.7. The summed E-state index contributed by atoms with van der Waals surface area (Å²) in [6, 6.07) is 7.90. The molecule has 0 bridgehead atoms. The van der Waals surface area contributed by atoms with E-state index < -0.39 is 45.0 Å². The topological polar surface area (TPSA) is 71.1 Å². The fourth-order valence-electron chi connectivity index (χ4n) is 6.48. The summed E-state index contributed by atoms with van der Waals surface area (Å²) in [5.41, 5.74) is 2.91. The van der Waals surface area contributed by atoms with E-state index in [1.807, 2.05) is 0 Å². The van der Waals surface area contributed by atoms with Crippen molar-refractivity contribution in [2.24, 2.45) is 0 Å². The van der Waals surface area contributed by atoms with Gasteiger partial charge in [0.05, 0.1) is 32.7 Å². The minimum atomic E-state index is -2.90. The molecular formula is C34H70N2O7Si6. The van der Waals surface area contributed by atoms with Crippen molar-refractivity contribution in [2.45, 2.75) is 110 Å². The minimum Gasteiger partial charge on any atom is -0.394 e. The lowest BCUT2D eigenvalue weighted by Crippen LogP contribution is -2.51. The molecule has 0 aliphatic rings. The maximum Gasteiger partial charge on any atom is 0.507 e. The molecule has 0 aliphatic carbocycles. The van der Waals surface area contributed by atoms with Gasteiger partial charge in [0.2, 0.25) is 0 Å². The molecular weight excluding hydrogens is 717 g/mol. The van der Waals surface area contributed by atoms with Crippen molar-refractivity contribution in [2.75, 3.05) is 74.9 Å². The molecule has 49 heavy (non-hydrogen) atoms. The summed E-state index contributed by atoms with van der Waals surface area (Å²) in [5, 5.41) is 3.22. The predicted octanol–water partition coefficient (Wildman–Crippen LogP) is 4.85. The van der Waals surface area contributed by atoms with E-state index in [4.69, 9.17) is 31.0 Å². The quantitative estimate of drug-likeness (QED) is 0.0839. The molecule has 0 N–H and O–H groups in total. The maximum absolute atomic E-state index is 6.03. The standard InChI is InChI=1S/C34H70N2O7Si6/c1-15-40-47(41-16-2)27-19-24-35(6)34(36(7)25-20-28-48(42-17-3)43-18-4)44-26-23-31-30(29(5)49(37-8,38-9)39-10)21-22-32(45(11)12)33(31)46(13)14/h21-22,29,34H,15-20,23-28H2,1-14H3. The Morgan fingerprint density at radius 1 is 0.714 bits per heavy atom. The summed E-state index contributed by atoms with van der Waals surface area (Å²) in [6.07, 6.45) is 3.19. The van der Waals surface area contributed by atoms with Gasteiger partial charge < -0.3 is 31.0 Å². The first-order valence-electron chi connectivity index (χ1n) is 18.2. The molecule has 1 rings (SSSR count). The maximum atomic E-state index is 6.03. The highest BCUT2D eigenvalue weighted by Crippen LogP contribution is 2.31. The zero-order valence-electron chi connectivity index (χ0n) is 33.5. The Balaban J connectivity index is 3.36. The Morgan fingerprint density at radius 2 is 1.16 bits per heavy atom. The van der Waals surface area contributed by atoms with E-state index in [0.29, 0.717) is 32.2 Å². The van der Waals surface area contributed by atoms with Crippen LogP contribution in [0.4, 0.5) is 0 Å². The zero-order valence-corrected chi connectivity index (χ0v) is 39.5. The van der Waals surface area contributed by atoms with E-state index >= 15 is 0 Å². The second kappa shape index (κ2) is 26.0. The van der Waals surface area contributed by atoms with Gasteiger partial charge in [-0.05, 0) is 97.4 Å². The minimum absolute atomic E-state index is 0.0453. The van der Waals surface area contributed by atoms with Crippen molar-refractivity contribution in [1.29, 1.82) is 0 Å². The molecule has 282 valence electrons. The normalized spacial score (nSPS) is 13.5. The highest BCUT2D eigenvalue weighted by atomic mass is 28.4. The van der Waals surface area contributed by atoms with Gasteiger partial charge in [-0.1, -0.05) is 61.7 Å². The van der Waals surface area contributed by atoms with Crippen LogP contribution >= 0.6 is 0 Å². The first-order valence-corrected chi connectivity index (χ1v) is 29.3. The van der Waals surface area contributed by atoms with Crippen molar-refractivity contribution in [3.63, 3.8) is 0 Å². The molecule has 0 spiro atoms. The lowest BCUT2D eigenvalue weighted by Gasteiger charge is -2.36. The third-order valence-corrected chi connectivity index (χ3v) is 20.9. The lowest BCUT2D eigenvalue weighted by molar-refractivity contribution is 0.114. The van der Waals surface area contributed by atoms with E-state index in [1.165, 1.54) is 11.1 Å². The molecule has 6 radical (unpaired) electrons. The predicted molar refractivity (Wildman–Crippen MR) is 216 cm³/mol. The second-order valence-corrected chi connectivity index (χ2v) is 26.1. The van der Waals surface area contributed by atoms with Gasteiger partial charge in [0.25, 0.3) is 0 Å². The number of hydrogen-bond acceptors (Lipinski definition) is 9. The Labute approximate surface area is 312 Å². The third-order valence-electron chi connectivity index (χ3n) is 8.78. The molecule has 0 aromatic heterocycles. The van der Waals surface area contributed by atoms with Crippen LogP contribution in [0.5, 0.6) is 0 Å². The summed E-state index contributed by atoms with van der Waals surface area (Å²) < 4.78 is 41.9. The first kappa shape index (κ1) is 47.2. The lowest BCUT2D eigenvalue weighted by atomic mass is 10.0. The summed E-state index contributed by atoms with van der Waals surface area (Å²) in [4.78, 5) is 5.14. The Morgan fingerprint density at radius 3 is 1.53 bits per heavy atom. The molecule has 1 unspecified atom stereocenters. The van der Waals surface area contributed by atoms with Crippen LogP contribution in [0.3, 0.4) is 0 Å². The molecule has 0 fully saturated rings. The van der Waals surface area contributed by atoms with Crippen LogP contribution in [-0.2, 0) is 37.4 Å². The number of rotatable bonds is 29. The summed E-state index contributed by atoms with van der Waals surface area (Å²) in [7, 11) is 3.89. The smallest absolute Gasteiger partial charge is 0.394 e. The molecule has 0 amide bonds. The van der Waals surface area contributed by atoms with Gasteiger partial charge >= 0.3 is 27.4 Å². The molecule has 9 nitrogen and oxygen atoms in total. The van der Waals surface area contributed by atoms with Gasteiger partial charge in [0.1, 0.15) is 0 Å². The largest absolute Gasteiger partial charge is 0.507 e. The van der Waals surface area contributed by atoms with Crippen LogP contribution in [0.15, 0.2) is 12.1 Å². The van der Waals surface area contributed by atoms with Crippen LogP contribution in [0.1, 0.15) is 64.1 Å². The molecule has 1 aromatic rings. The average molecular weight is 787 g/mol. The van der Waals surface area contributed by atoms with Gasteiger partial charge in [0.15, 0.2) is 0 Å². The fourth-order valence-corrected chi connectivity index (χ4v) is 17.2. The molecule has 0 saturated heterocycles. The third kappa shape index (κ3) is 15.2. The Kier molecular flexibility index (Phi) is 25.1. The van der Waals surface area contributed by atoms with E-state index in [0.717, 1.165) is 60.0 Å². The average Bonchev–Trinajstić information content (AvgIpc) is 3.07. The van der Waals surface area contributed by atoms with Gasteiger partial charge in [-0.15, -0.1) is 0 Å². The van der Waals surface area contributed by atoms with Crippen LogP contribution in [0.25, 0.3) is 0 Å². The number of nitrogens with zero attached hydrogens (tertiary/aromatic N) is 2. The summed E-state index contributed by atoms with van der Waals surface area (Å²) in [5.74, 6) is 0.354. The van der Waals surface area contributed by atoms with Gasteiger partial charge in [-0.25, -0.2) is 0 Å². The van der Waals surface area contributed by atoms with E-state index in [1.54, 1.807) is 31.7 Å². The molecule has 1 atom stereocenters. The Bertz CT molecular complexity index is 964. The van der Waals surface area contributed by atoms with Gasteiger partial charge in [-0.2, -0.15) is 0 Å².